The Labute approximate surface area is 263 Å². The van der Waals surface area contributed by atoms with E-state index in [0.717, 1.165) is 24.3 Å². The topological polar surface area (TPSA) is 84.1 Å². The van der Waals surface area contributed by atoms with E-state index in [0.29, 0.717) is 0 Å². The predicted molar refractivity (Wildman–Crippen MR) is 173 cm³/mol. The molecule has 0 saturated carbocycles. The van der Waals surface area contributed by atoms with Gasteiger partial charge in [0.2, 0.25) is 5.51 Å². The lowest BCUT2D eigenvalue weighted by molar-refractivity contribution is -0.683. The zero-order valence-corrected chi connectivity index (χ0v) is 27.7. The Balaban J connectivity index is 1.29. The molecule has 2 aromatic carbocycles. The molecule has 1 aromatic heterocycles. The van der Waals surface area contributed by atoms with Gasteiger partial charge in [0.25, 0.3) is 0 Å². The van der Waals surface area contributed by atoms with Crippen LogP contribution in [0.15, 0.2) is 65.6 Å². The minimum Gasteiger partial charge on any atom is -0.598 e. The summed E-state index contributed by atoms with van der Waals surface area (Å²) in [7, 11) is -2.81. The third-order valence-corrected chi connectivity index (χ3v) is 9.03. The van der Waals surface area contributed by atoms with E-state index in [4.69, 9.17) is 18.5 Å². The third-order valence-electron chi connectivity index (χ3n) is 7.45. The fourth-order valence-electron chi connectivity index (χ4n) is 4.89. The maximum Gasteiger partial charge on any atom is 0.426 e. The second kappa shape index (κ2) is 20.8. The molecule has 1 unspecified atom stereocenters. The lowest BCUT2D eigenvalue weighted by atomic mass is 10.0. The number of methoxy groups -OCH3 is 1. The molecule has 0 fully saturated rings. The molecule has 0 aliphatic rings. The van der Waals surface area contributed by atoms with Gasteiger partial charge >= 0.3 is 8.17 Å². The van der Waals surface area contributed by atoms with E-state index in [-0.39, 0.29) is 19.0 Å². The molecular formula is C34H51NO6PS+. The molecule has 3 aromatic rings. The van der Waals surface area contributed by atoms with E-state index in [1.807, 2.05) is 41.4 Å². The van der Waals surface area contributed by atoms with Crippen molar-refractivity contribution in [2.45, 2.75) is 103 Å². The van der Waals surface area contributed by atoms with Gasteiger partial charge in [-0.2, -0.15) is 14.0 Å². The van der Waals surface area contributed by atoms with Crippen molar-refractivity contribution in [2.24, 2.45) is 0 Å². The van der Waals surface area contributed by atoms with Gasteiger partial charge in [-0.25, -0.2) is 0 Å². The number of hydrogen-bond donors (Lipinski definition) is 1. The first-order chi connectivity index (χ1) is 21.0. The first-order valence-corrected chi connectivity index (χ1v) is 18.3. The van der Waals surface area contributed by atoms with E-state index in [9.17, 15) is 9.79 Å². The molecule has 1 N–H and O–H groups in total. The number of phosphoric acid groups is 1. The van der Waals surface area contributed by atoms with Gasteiger partial charge in [0.05, 0.1) is 5.38 Å². The summed E-state index contributed by atoms with van der Waals surface area (Å²) in [6, 6.07) is 15.2. The summed E-state index contributed by atoms with van der Waals surface area (Å²) in [5.41, 5.74) is 4.33. The van der Waals surface area contributed by atoms with E-state index in [2.05, 4.69) is 23.6 Å². The van der Waals surface area contributed by atoms with Crippen LogP contribution >= 0.6 is 19.5 Å². The number of aryl methyl sites for hydroxylation is 1. The Morgan fingerprint density at radius 3 is 2.14 bits per heavy atom. The quantitative estimate of drug-likeness (QED) is 0.0615. The first-order valence-electron chi connectivity index (χ1n) is 15.9. The number of unbranched alkanes of at least 4 members (excludes halogenated alkanes) is 11. The van der Waals surface area contributed by atoms with Crippen LogP contribution in [0, 0.1) is 0 Å². The van der Waals surface area contributed by atoms with Gasteiger partial charge in [-0.3, -0.25) is 4.52 Å². The molecule has 0 amide bonds. The zero-order chi connectivity index (χ0) is 30.6. The second-order valence-electron chi connectivity index (χ2n) is 11.2. The molecule has 43 heavy (non-hydrogen) atoms. The highest BCUT2D eigenvalue weighted by Gasteiger charge is 2.31. The first kappa shape index (κ1) is 35.4. The number of aromatic nitrogens is 1. The summed E-state index contributed by atoms with van der Waals surface area (Å²) in [6.07, 6.45) is 18.6. The Morgan fingerprint density at radius 1 is 0.837 bits per heavy atom. The average Bonchev–Trinajstić information content (AvgIpc) is 3.52. The maximum atomic E-state index is 12.5. The van der Waals surface area contributed by atoms with Crippen LogP contribution in [0.5, 0.6) is 11.5 Å². The molecule has 7 nitrogen and oxygen atoms in total. The molecule has 0 aliphatic heterocycles. The Hall–Kier alpha value is -2.06. The highest BCUT2D eigenvalue weighted by atomic mass is 32.1. The van der Waals surface area contributed by atoms with Gasteiger partial charge in [0.15, 0.2) is 18.5 Å². The predicted octanol–water partition coefficient (Wildman–Crippen LogP) is 7.85. The number of thiazole rings is 1. The van der Waals surface area contributed by atoms with Crippen LogP contribution in [0.25, 0.3) is 0 Å². The minimum absolute atomic E-state index is 0.143. The summed E-state index contributed by atoms with van der Waals surface area (Å²) in [5.74, 6) is 1.02. The van der Waals surface area contributed by atoms with Crippen molar-refractivity contribution in [3.63, 3.8) is 0 Å². The highest BCUT2D eigenvalue weighted by Crippen LogP contribution is 2.47. The molecule has 2 atom stereocenters. The van der Waals surface area contributed by atoms with Crippen molar-refractivity contribution in [3.8, 4) is 11.5 Å². The summed E-state index contributed by atoms with van der Waals surface area (Å²) < 4.78 is 23.9. The van der Waals surface area contributed by atoms with Crippen molar-refractivity contribution < 1.29 is 32.9 Å². The van der Waals surface area contributed by atoms with E-state index >= 15 is 0 Å². The van der Waals surface area contributed by atoms with Gasteiger partial charge < -0.3 is 14.4 Å². The highest BCUT2D eigenvalue weighted by molar-refractivity contribution is 7.53. The smallest absolute Gasteiger partial charge is 0.426 e. The molecule has 9 heteroatoms. The number of nitrogens with zero attached hydrogens (tertiary/aromatic N) is 1. The summed E-state index contributed by atoms with van der Waals surface area (Å²) in [6.45, 7) is 3.03. The lowest BCUT2D eigenvalue weighted by Crippen LogP contribution is -2.30. The standard InChI is InChI=1S/C34H50NO6PS/c1-3-4-5-6-7-8-9-10-11-12-13-14-16-30-17-15-18-33(25-30)39-27-34(38-2)28-40-42(36,37)41-32-21-19-31(20-22-32)26-35-23-24-43-29-35/h15,17-25,29,34H,3-14,16,26-28H2,1-2H3/p+1/t34-/m1/s1. The molecule has 1 heterocycles. The van der Waals surface area contributed by atoms with Gasteiger partial charge in [0, 0.05) is 12.7 Å². The second-order valence-corrected chi connectivity index (χ2v) is 13.3. The molecule has 3 rings (SSSR count). The SMILES string of the molecule is CCCCCCCCCCCCCCc1cccc(OC[C@H](CO[P+]([O-])(O)Oc2ccc(C[n+]3ccsc3)cc2)OC)c1. The normalized spacial score (nSPS) is 13.5. The number of phosphoric ester groups is 1. The summed E-state index contributed by atoms with van der Waals surface area (Å²) in [4.78, 5) is 22.8. The summed E-state index contributed by atoms with van der Waals surface area (Å²) in [5, 5.41) is 2.01. The number of ether oxygens (including phenoxy) is 2. The van der Waals surface area contributed by atoms with Gasteiger partial charge in [-0.05, 0) is 54.8 Å². The number of rotatable bonds is 24. The molecule has 0 radical (unpaired) electrons. The average molecular weight is 633 g/mol. The maximum absolute atomic E-state index is 12.5. The van der Waals surface area contributed by atoms with Crippen molar-refractivity contribution in [1.82, 2.24) is 0 Å². The van der Waals surface area contributed by atoms with Gasteiger partial charge in [-0.1, -0.05) is 101 Å². The van der Waals surface area contributed by atoms with Crippen LogP contribution in [-0.2, 0) is 22.2 Å². The molecule has 0 bridgehead atoms. The van der Waals surface area contributed by atoms with Crippen molar-refractivity contribution in [1.29, 1.82) is 0 Å². The molecule has 0 spiro atoms. The van der Waals surface area contributed by atoms with Gasteiger partial charge in [0.1, 0.15) is 25.1 Å². The molecule has 0 aliphatic carbocycles. The van der Waals surface area contributed by atoms with Crippen molar-refractivity contribution in [2.75, 3.05) is 20.3 Å². The fraction of sp³-hybridized carbons (Fsp3) is 0.559. The van der Waals surface area contributed by atoms with Crippen LogP contribution in [0.1, 0.15) is 95.1 Å². The van der Waals surface area contributed by atoms with E-state index in [1.165, 1.54) is 89.7 Å². The monoisotopic (exact) mass is 632 g/mol. The van der Waals surface area contributed by atoms with Crippen LogP contribution in [0.3, 0.4) is 0 Å². The van der Waals surface area contributed by atoms with Gasteiger partial charge in [-0.15, -0.1) is 0 Å². The van der Waals surface area contributed by atoms with Crippen LogP contribution in [0.4, 0.5) is 0 Å². The number of benzene rings is 2. The number of hydrogen-bond acceptors (Lipinski definition) is 7. The van der Waals surface area contributed by atoms with Crippen molar-refractivity contribution >= 4 is 19.5 Å². The Kier molecular flexibility index (Phi) is 17.1. The molecular weight excluding hydrogens is 581 g/mol. The van der Waals surface area contributed by atoms with E-state index < -0.39 is 14.3 Å². The van der Waals surface area contributed by atoms with Crippen LogP contribution in [0.2, 0.25) is 0 Å². The minimum atomic E-state index is -4.33. The van der Waals surface area contributed by atoms with Crippen molar-refractivity contribution in [3.05, 3.63) is 76.7 Å². The Bertz CT molecular complexity index is 1110. The lowest BCUT2D eigenvalue weighted by Gasteiger charge is -2.22. The van der Waals surface area contributed by atoms with Crippen LogP contribution < -0.4 is 18.7 Å². The molecule has 238 valence electrons. The Morgan fingerprint density at radius 2 is 1.51 bits per heavy atom. The van der Waals surface area contributed by atoms with E-state index in [1.54, 1.807) is 23.5 Å². The fourth-order valence-corrected chi connectivity index (χ4v) is 6.28. The zero-order valence-electron chi connectivity index (χ0n) is 26.0. The molecule has 0 saturated heterocycles. The largest absolute Gasteiger partial charge is 0.598 e. The van der Waals surface area contributed by atoms with Crippen LogP contribution in [-0.4, -0.2) is 31.3 Å². The third kappa shape index (κ3) is 15.5. The summed E-state index contributed by atoms with van der Waals surface area (Å²) >= 11 is 1.62.